The van der Waals surface area contributed by atoms with Crippen LogP contribution in [0.25, 0.3) is 0 Å². The molecule has 2 amide bonds. The number of sulfonamides is 1. The van der Waals surface area contributed by atoms with Gasteiger partial charge >= 0.3 is 0 Å². The third-order valence-electron chi connectivity index (χ3n) is 6.70. The molecule has 8 nitrogen and oxygen atoms in total. The van der Waals surface area contributed by atoms with Gasteiger partial charge in [-0.25, -0.2) is 8.42 Å². The van der Waals surface area contributed by atoms with Crippen LogP contribution in [0.3, 0.4) is 0 Å². The molecule has 2 aliphatic rings. The van der Waals surface area contributed by atoms with Gasteiger partial charge in [0.05, 0.1) is 16.5 Å². The highest BCUT2D eigenvalue weighted by Gasteiger charge is 2.36. The molecule has 1 saturated heterocycles. The van der Waals surface area contributed by atoms with E-state index >= 15 is 0 Å². The molecule has 2 aromatic carbocycles. The topological polar surface area (TPSA) is 105 Å². The van der Waals surface area contributed by atoms with E-state index in [1.807, 2.05) is 39.0 Å². The zero-order valence-corrected chi connectivity index (χ0v) is 20.8. The Labute approximate surface area is 200 Å². The summed E-state index contributed by atoms with van der Waals surface area (Å²) in [5.41, 5.74) is 3.81. The molecule has 2 atom stereocenters. The molecule has 0 aromatic heterocycles. The first-order valence-electron chi connectivity index (χ1n) is 11.6. The fourth-order valence-electron chi connectivity index (χ4n) is 4.47. The first kappa shape index (κ1) is 24.2. The molecule has 2 N–H and O–H groups in total. The largest absolute Gasteiger partial charge is 0.478 e. The van der Waals surface area contributed by atoms with Gasteiger partial charge in [-0.3, -0.25) is 9.59 Å². The summed E-state index contributed by atoms with van der Waals surface area (Å²) in [6, 6.07) is 8.85. The van der Waals surface area contributed by atoms with Crippen molar-refractivity contribution in [1.82, 2.24) is 4.31 Å². The van der Waals surface area contributed by atoms with Crippen molar-refractivity contribution in [1.29, 1.82) is 0 Å². The van der Waals surface area contributed by atoms with Crippen molar-refractivity contribution in [3.63, 3.8) is 0 Å². The molecular formula is C25H31N3O5S. The van der Waals surface area contributed by atoms with Gasteiger partial charge in [0.1, 0.15) is 5.75 Å². The van der Waals surface area contributed by atoms with Gasteiger partial charge in [-0.15, -0.1) is 0 Å². The number of hydrogen-bond acceptors (Lipinski definition) is 5. The third-order valence-corrected chi connectivity index (χ3v) is 8.71. The van der Waals surface area contributed by atoms with E-state index in [1.165, 1.54) is 10.4 Å². The summed E-state index contributed by atoms with van der Waals surface area (Å²) in [6.45, 7) is 7.93. The summed E-state index contributed by atoms with van der Waals surface area (Å²) in [5, 5.41) is 5.77. The predicted octanol–water partition coefficient (Wildman–Crippen LogP) is 3.76. The van der Waals surface area contributed by atoms with Gasteiger partial charge in [0.25, 0.3) is 5.91 Å². The van der Waals surface area contributed by atoms with E-state index in [2.05, 4.69) is 10.6 Å². The van der Waals surface area contributed by atoms with E-state index in [0.29, 0.717) is 42.8 Å². The average molecular weight is 486 g/mol. The second-order valence-corrected chi connectivity index (χ2v) is 11.0. The Kier molecular flexibility index (Phi) is 6.69. The zero-order valence-electron chi connectivity index (χ0n) is 20.0. The molecule has 1 fully saturated rings. The van der Waals surface area contributed by atoms with Gasteiger partial charge in [-0.2, -0.15) is 4.31 Å². The van der Waals surface area contributed by atoms with Gasteiger partial charge < -0.3 is 15.4 Å². The molecule has 0 saturated carbocycles. The fourth-order valence-corrected chi connectivity index (χ4v) is 6.21. The van der Waals surface area contributed by atoms with E-state index in [1.54, 1.807) is 13.0 Å². The van der Waals surface area contributed by atoms with Crippen molar-refractivity contribution in [3.05, 3.63) is 47.0 Å². The first-order chi connectivity index (χ1) is 16.1. The van der Waals surface area contributed by atoms with Crippen molar-refractivity contribution >= 4 is 33.2 Å². The summed E-state index contributed by atoms with van der Waals surface area (Å²) in [6.07, 6.45) is 1.04. The molecule has 2 aliphatic heterocycles. The molecule has 4 rings (SSSR count). The lowest BCUT2D eigenvalue weighted by Crippen LogP contribution is -2.44. The van der Waals surface area contributed by atoms with Crippen molar-refractivity contribution in [3.8, 4) is 5.75 Å². The number of nitrogens with one attached hydrogen (secondary N) is 2. The average Bonchev–Trinajstić information content (AvgIpc) is 2.81. The second kappa shape index (κ2) is 9.38. The lowest BCUT2D eigenvalue weighted by atomic mass is 9.98. The maximum absolute atomic E-state index is 13.6. The van der Waals surface area contributed by atoms with Crippen LogP contribution in [0.4, 0.5) is 11.4 Å². The summed E-state index contributed by atoms with van der Waals surface area (Å²) in [7, 11) is -3.86. The van der Waals surface area contributed by atoms with Crippen LogP contribution < -0.4 is 15.4 Å². The first-order valence-corrected chi connectivity index (χ1v) is 13.0. The third kappa shape index (κ3) is 4.54. The highest BCUT2D eigenvalue weighted by atomic mass is 32.2. The van der Waals surface area contributed by atoms with Crippen molar-refractivity contribution in [2.24, 2.45) is 5.92 Å². The molecule has 182 valence electrons. The number of carbonyl (C=O) groups is 2. The molecule has 0 aliphatic carbocycles. The Hall–Kier alpha value is -2.91. The van der Waals surface area contributed by atoms with Gasteiger partial charge in [-0.1, -0.05) is 19.1 Å². The van der Waals surface area contributed by atoms with E-state index in [9.17, 15) is 18.0 Å². The van der Waals surface area contributed by atoms with Gasteiger partial charge in [0.2, 0.25) is 15.9 Å². The van der Waals surface area contributed by atoms with E-state index in [0.717, 1.165) is 16.8 Å². The van der Waals surface area contributed by atoms with Crippen LogP contribution in [0, 0.1) is 26.7 Å². The van der Waals surface area contributed by atoms with Crippen molar-refractivity contribution in [2.45, 2.75) is 58.0 Å². The van der Waals surface area contributed by atoms with Crippen LogP contribution in [0.2, 0.25) is 0 Å². The number of ether oxygens (including phenoxy) is 1. The highest BCUT2D eigenvalue weighted by molar-refractivity contribution is 7.89. The highest BCUT2D eigenvalue weighted by Crippen LogP contribution is 2.36. The van der Waals surface area contributed by atoms with Crippen molar-refractivity contribution < 1.29 is 22.7 Å². The molecule has 2 heterocycles. The Balaban J connectivity index is 1.55. The van der Waals surface area contributed by atoms with E-state index in [4.69, 9.17) is 4.74 Å². The Morgan fingerprint density at radius 3 is 2.71 bits per heavy atom. The monoisotopic (exact) mass is 485 g/mol. The SMILES string of the molecule is CCC1Oc2cc(S(=O)(=O)N3CCCC(C(=O)Nc4cccc(C)c4C)C3)c(C)cc2NC1=O. The normalized spacial score (nSPS) is 20.8. The van der Waals surface area contributed by atoms with Crippen LogP contribution in [-0.4, -0.2) is 43.7 Å². The minimum absolute atomic E-state index is 0.116. The molecule has 0 spiro atoms. The summed E-state index contributed by atoms with van der Waals surface area (Å²) >= 11 is 0. The van der Waals surface area contributed by atoms with Crippen LogP contribution in [0.5, 0.6) is 5.75 Å². The van der Waals surface area contributed by atoms with Crippen LogP contribution >= 0.6 is 0 Å². The number of amides is 2. The van der Waals surface area contributed by atoms with Crippen LogP contribution in [-0.2, 0) is 19.6 Å². The number of anilines is 2. The number of nitrogens with zero attached hydrogens (tertiary/aromatic N) is 1. The maximum Gasteiger partial charge on any atom is 0.265 e. The standard InChI is InChI=1S/C25H31N3O5S/c1-5-21-25(30)27-20-12-16(3)23(13-22(20)33-21)34(31,32)28-11-7-9-18(14-28)24(29)26-19-10-6-8-15(2)17(19)4/h6,8,10,12-13,18,21H,5,7,9,11,14H2,1-4H3,(H,26,29)(H,27,30). The number of rotatable bonds is 5. The van der Waals surface area contributed by atoms with Crippen molar-refractivity contribution in [2.75, 3.05) is 23.7 Å². The molecule has 0 bridgehead atoms. The van der Waals surface area contributed by atoms with E-state index in [-0.39, 0.29) is 23.3 Å². The number of carbonyl (C=O) groups excluding carboxylic acids is 2. The van der Waals surface area contributed by atoms with Crippen LogP contribution in [0.1, 0.15) is 42.9 Å². The summed E-state index contributed by atoms with van der Waals surface area (Å²) in [5.74, 6) is -0.510. The molecule has 2 unspecified atom stereocenters. The Morgan fingerprint density at radius 1 is 1.21 bits per heavy atom. The fraction of sp³-hybridized carbons (Fsp3) is 0.440. The lowest BCUT2D eigenvalue weighted by molar-refractivity contribution is -0.123. The molecule has 0 radical (unpaired) electrons. The zero-order chi connectivity index (χ0) is 24.6. The number of hydrogen-bond donors (Lipinski definition) is 2. The van der Waals surface area contributed by atoms with E-state index < -0.39 is 22.0 Å². The predicted molar refractivity (Wildman–Crippen MR) is 131 cm³/mol. The quantitative estimate of drug-likeness (QED) is 0.671. The number of fused-ring (bicyclic) bond motifs is 1. The minimum atomic E-state index is -3.86. The Morgan fingerprint density at radius 2 is 1.97 bits per heavy atom. The molecule has 2 aromatic rings. The van der Waals surface area contributed by atoms with Gasteiger partial charge in [0.15, 0.2) is 6.10 Å². The molecular weight excluding hydrogens is 454 g/mol. The summed E-state index contributed by atoms with van der Waals surface area (Å²) in [4.78, 5) is 25.2. The van der Waals surface area contributed by atoms with Crippen LogP contribution in [0.15, 0.2) is 35.2 Å². The maximum atomic E-state index is 13.6. The number of piperidine rings is 1. The lowest BCUT2D eigenvalue weighted by Gasteiger charge is -2.32. The Bertz CT molecular complexity index is 1240. The smallest absolute Gasteiger partial charge is 0.265 e. The molecule has 9 heteroatoms. The summed E-state index contributed by atoms with van der Waals surface area (Å²) < 4.78 is 34.3. The second-order valence-electron chi connectivity index (χ2n) is 9.06. The minimum Gasteiger partial charge on any atom is -0.478 e. The number of aryl methyl sites for hydroxylation is 2. The molecule has 34 heavy (non-hydrogen) atoms. The number of benzene rings is 2. The van der Waals surface area contributed by atoms with Gasteiger partial charge in [-0.05, 0) is 68.9 Å². The van der Waals surface area contributed by atoms with Gasteiger partial charge in [0, 0.05) is 24.8 Å².